The van der Waals surface area contributed by atoms with Gasteiger partial charge in [-0.2, -0.15) is 0 Å². The number of hydrogen-bond acceptors (Lipinski definition) is 7. The van der Waals surface area contributed by atoms with Gasteiger partial charge in [0.15, 0.2) is 0 Å². The van der Waals surface area contributed by atoms with Crippen molar-refractivity contribution >= 4 is 34.4 Å². The van der Waals surface area contributed by atoms with E-state index in [-0.39, 0.29) is 30.1 Å². The number of carbonyl (C=O) groups is 3. The van der Waals surface area contributed by atoms with Crippen LogP contribution in [0.2, 0.25) is 0 Å². The number of esters is 1. The lowest BCUT2D eigenvalue weighted by Crippen LogP contribution is -2.57. The van der Waals surface area contributed by atoms with E-state index in [9.17, 15) is 14.4 Å². The van der Waals surface area contributed by atoms with Gasteiger partial charge >= 0.3 is 12.1 Å². The van der Waals surface area contributed by atoms with Gasteiger partial charge in [0.25, 0.3) is 5.91 Å². The summed E-state index contributed by atoms with van der Waals surface area (Å²) in [5.74, 6) is 7.18. The molecule has 3 aromatic carbocycles. The molecule has 0 radical (unpaired) electrons. The number of benzene rings is 3. The Kier molecular flexibility index (Phi) is 12.6. The second-order valence-corrected chi connectivity index (χ2v) is 14.8. The first-order chi connectivity index (χ1) is 24.4. The summed E-state index contributed by atoms with van der Waals surface area (Å²) in [5, 5.41) is 8.87. The summed E-state index contributed by atoms with van der Waals surface area (Å²) in [5.41, 5.74) is 3.88. The second-order valence-electron chi connectivity index (χ2n) is 14.8. The van der Waals surface area contributed by atoms with Gasteiger partial charge in [0.05, 0.1) is 18.7 Å². The highest BCUT2D eigenvalue weighted by atomic mass is 16.6. The third-order valence-corrected chi connectivity index (χ3v) is 9.57. The van der Waals surface area contributed by atoms with E-state index in [0.29, 0.717) is 37.6 Å². The largest absolute Gasteiger partial charge is 0.466 e. The molecule has 2 heterocycles. The highest BCUT2D eigenvalue weighted by molar-refractivity contribution is 5.97. The van der Waals surface area contributed by atoms with Crippen molar-refractivity contribution in [1.82, 2.24) is 15.1 Å². The molecule has 0 saturated carbocycles. The lowest BCUT2D eigenvalue weighted by molar-refractivity contribution is -0.143. The number of likely N-dealkylation sites (tertiary alicyclic amines) is 2. The Bertz CT molecular complexity index is 1760. The number of carbonyl (C=O) groups excluding carboxylic acids is 3. The molecule has 1 atom stereocenters. The molecule has 3 aromatic rings. The maximum absolute atomic E-state index is 13.6. The molecule has 0 aliphatic carbocycles. The summed E-state index contributed by atoms with van der Waals surface area (Å²) in [4.78, 5) is 41.7. The van der Waals surface area contributed by atoms with Crippen molar-refractivity contribution in [2.45, 2.75) is 91.3 Å². The first-order valence-electron chi connectivity index (χ1n) is 18.5. The van der Waals surface area contributed by atoms with Crippen LogP contribution in [-0.2, 0) is 14.3 Å². The van der Waals surface area contributed by atoms with E-state index in [0.717, 1.165) is 78.5 Å². The van der Waals surface area contributed by atoms with Gasteiger partial charge in [0, 0.05) is 42.2 Å². The van der Waals surface area contributed by atoms with Crippen LogP contribution in [0.4, 0.5) is 10.5 Å². The Hall–Kier alpha value is -4.55. The van der Waals surface area contributed by atoms with E-state index in [1.54, 1.807) is 4.90 Å². The smallest absolute Gasteiger partial charge is 0.410 e. The molecular formula is C42H54N4O5. The molecular weight excluding hydrogens is 640 g/mol. The summed E-state index contributed by atoms with van der Waals surface area (Å²) in [6.45, 7) is 16.0. The standard InChI is InChI=1S/C42H54N4O5/c1-7-50-39(47)14-10-11-23-45-24-21-31(22-25-45)16-17-32-18-20-35(37-13-9-8-12-36(32)37)30(3)43-40(48)38-26-33(19-15-29(38)2)44-34-27-46(28-34)41(49)51-42(4,5)6/h8-9,12-13,15,18-20,26,30-31,34,44H,7,10-11,14,21-25,27-28H2,1-6H3,(H,43,48)/t30-/m0/s1. The minimum Gasteiger partial charge on any atom is -0.466 e. The number of amides is 2. The maximum atomic E-state index is 13.6. The van der Waals surface area contributed by atoms with Crippen molar-refractivity contribution in [2.24, 2.45) is 5.92 Å². The lowest BCUT2D eigenvalue weighted by atomic mass is 9.94. The molecule has 272 valence electrons. The summed E-state index contributed by atoms with van der Waals surface area (Å²) in [6.07, 6.45) is 4.16. The molecule has 51 heavy (non-hydrogen) atoms. The minimum absolute atomic E-state index is 0.0936. The molecule has 2 saturated heterocycles. The monoisotopic (exact) mass is 694 g/mol. The van der Waals surface area contributed by atoms with Crippen LogP contribution in [-0.4, -0.2) is 78.7 Å². The molecule has 0 spiro atoms. The van der Waals surface area contributed by atoms with Crippen molar-refractivity contribution in [3.8, 4) is 11.8 Å². The molecule has 2 aliphatic heterocycles. The van der Waals surface area contributed by atoms with Gasteiger partial charge in [-0.25, -0.2) is 4.79 Å². The Morgan fingerprint density at radius 2 is 1.71 bits per heavy atom. The van der Waals surface area contributed by atoms with Crippen molar-refractivity contribution in [2.75, 3.05) is 44.6 Å². The summed E-state index contributed by atoms with van der Waals surface area (Å²) < 4.78 is 10.5. The first kappa shape index (κ1) is 37.7. The molecule has 2 aliphatic rings. The highest BCUT2D eigenvalue weighted by Gasteiger charge is 2.33. The average molecular weight is 695 g/mol. The topological polar surface area (TPSA) is 100 Å². The number of hydrogen-bond donors (Lipinski definition) is 2. The maximum Gasteiger partial charge on any atom is 0.410 e. The molecule has 2 amide bonds. The summed E-state index contributed by atoms with van der Waals surface area (Å²) in [7, 11) is 0. The van der Waals surface area contributed by atoms with Gasteiger partial charge in [-0.15, -0.1) is 0 Å². The number of anilines is 1. The van der Waals surface area contributed by atoms with Crippen molar-refractivity contribution < 1.29 is 23.9 Å². The normalized spacial score (nSPS) is 16.1. The molecule has 0 bridgehead atoms. The zero-order valence-electron chi connectivity index (χ0n) is 31.1. The Morgan fingerprint density at radius 1 is 0.980 bits per heavy atom. The fourth-order valence-corrected chi connectivity index (χ4v) is 6.72. The summed E-state index contributed by atoms with van der Waals surface area (Å²) >= 11 is 0. The van der Waals surface area contributed by atoms with Gasteiger partial charge in [0.1, 0.15) is 5.60 Å². The third-order valence-electron chi connectivity index (χ3n) is 9.57. The molecule has 2 N–H and O–H groups in total. The quantitative estimate of drug-likeness (QED) is 0.122. The van der Waals surface area contributed by atoms with Gasteiger partial charge in [0.2, 0.25) is 0 Å². The number of ether oxygens (including phenoxy) is 2. The summed E-state index contributed by atoms with van der Waals surface area (Å²) in [6, 6.07) is 18.1. The van der Waals surface area contributed by atoms with Crippen molar-refractivity contribution in [1.29, 1.82) is 0 Å². The van der Waals surface area contributed by atoms with Gasteiger partial charge in [-0.3, -0.25) is 9.59 Å². The Morgan fingerprint density at radius 3 is 2.41 bits per heavy atom. The number of piperidine rings is 1. The molecule has 9 heteroatoms. The second kappa shape index (κ2) is 17.1. The predicted molar refractivity (Wildman–Crippen MR) is 203 cm³/mol. The van der Waals surface area contributed by atoms with Crippen LogP contribution in [0.5, 0.6) is 0 Å². The van der Waals surface area contributed by atoms with E-state index in [1.807, 2.05) is 71.9 Å². The van der Waals surface area contributed by atoms with Gasteiger partial charge < -0.3 is 29.9 Å². The van der Waals surface area contributed by atoms with Crippen LogP contribution in [0.3, 0.4) is 0 Å². The fourth-order valence-electron chi connectivity index (χ4n) is 6.72. The van der Waals surface area contributed by atoms with Crippen LogP contribution in [0.25, 0.3) is 10.8 Å². The Labute approximate surface area is 303 Å². The molecule has 2 fully saturated rings. The van der Waals surface area contributed by atoms with Crippen LogP contribution in [0, 0.1) is 24.7 Å². The molecule has 0 aromatic heterocycles. The minimum atomic E-state index is -0.525. The zero-order valence-corrected chi connectivity index (χ0v) is 31.1. The Balaban J connectivity index is 1.16. The van der Waals surface area contributed by atoms with E-state index >= 15 is 0 Å². The van der Waals surface area contributed by atoms with Gasteiger partial charge in [-0.1, -0.05) is 48.2 Å². The predicted octanol–water partition coefficient (Wildman–Crippen LogP) is 7.47. The van der Waals surface area contributed by atoms with E-state index in [1.165, 1.54) is 0 Å². The number of unbranched alkanes of at least 4 members (excludes halogenated alkanes) is 1. The van der Waals surface area contributed by atoms with E-state index in [4.69, 9.17) is 9.47 Å². The van der Waals surface area contributed by atoms with E-state index in [2.05, 4.69) is 51.6 Å². The molecule has 0 unspecified atom stereocenters. The molecule has 9 nitrogen and oxygen atoms in total. The number of nitrogens with zero attached hydrogens (tertiary/aromatic N) is 2. The third kappa shape index (κ3) is 10.5. The number of aryl methyl sites for hydroxylation is 1. The average Bonchev–Trinajstić information content (AvgIpc) is 3.07. The number of rotatable bonds is 11. The van der Waals surface area contributed by atoms with E-state index < -0.39 is 5.60 Å². The number of fused-ring (bicyclic) bond motifs is 1. The highest BCUT2D eigenvalue weighted by Crippen LogP contribution is 2.28. The van der Waals surface area contributed by atoms with Crippen LogP contribution in [0.15, 0.2) is 54.6 Å². The van der Waals surface area contributed by atoms with Crippen molar-refractivity contribution in [3.63, 3.8) is 0 Å². The molecule has 5 rings (SSSR count). The number of nitrogens with one attached hydrogen (secondary N) is 2. The van der Waals surface area contributed by atoms with Crippen LogP contribution in [0.1, 0.15) is 99.8 Å². The zero-order chi connectivity index (χ0) is 36.5. The van der Waals surface area contributed by atoms with Crippen LogP contribution < -0.4 is 10.6 Å². The van der Waals surface area contributed by atoms with Crippen molar-refractivity contribution in [3.05, 3.63) is 76.9 Å². The lowest BCUT2D eigenvalue weighted by Gasteiger charge is -2.40. The van der Waals surface area contributed by atoms with Gasteiger partial charge in [-0.05, 0) is 127 Å². The first-order valence-corrected chi connectivity index (χ1v) is 18.5. The van der Waals surface area contributed by atoms with Crippen LogP contribution >= 0.6 is 0 Å². The fraction of sp³-hybridized carbons (Fsp3) is 0.500. The SMILES string of the molecule is CCOC(=O)CCCCN1CCC(C#Cc2ccc([C@H](C)NC(=O)c3cc(NC4CN(C(=O)OC(C)(C)C)C4)ccc3C)c3ccccc23)CC1.